The number of para-hydroxylation sites is 3. The van der Waals surface area contributed by atoms with Crippen molar-refractivity contribution in [3.05, 3.63) is 127 Å². The molecule has 4 heterocycles. The molecule has 0 bridgehead atoms. The van der Waals surface area contributed by atoms with Gasteiger partial charge in [0.05, 0.1) is 28.1 Å². The molecule has 1 N–H and O–H groups in total. The van der Waals surface area contributed by atoms with Gasteiger partial charge < -0.3 is 9.88 Å². The molecule has 0 fully saturated rings. The third-order valence-electron chi connectivity index (χ3n) is 9.61. The molecule has 7 aromatic carbocycles. The lowest BCUT2D eigenvalue weighted by atomic mass is 9.58. The fourth-order valence-electron chi connectivity index (χ4n) is 7.71. The number of H-pyrrole nitrogens is 1. The van der Waals surface area contributed by atoms with Crippen molar-refractivity contribution < 1.29 is 0 Å². The van der Waals surface area contributed by atoms with Crippen LogP contribution in [-0.4, -0.2) is 12.3 Å². The van der Waals surface area contributed by atoms with Crippen LogP contribution >= 0.6 is 23.1 Å². The number of aromatic amines is 1. The van der Waals surface area contributed by atoms with Gasteiger partial charge in [-0.1, -0.05) is 114 Å². The van der Waals surface area contributed by atoms with Crippen molar-refractivity contribution in [3.63, 3.8) is 0 Å². The molecule has 5 heteroatoms. The summed E-state index contributed by atoms with van der Waals surface area (Å²) in [5, 5.41) is 7.70. The smallest absolute Gasteiger partial charge is 0.197 e. The zero-order chi connectivity index (χ0) is 29.2. The molecule has 0 saturated carbocycles. The maximum absolute atomic E-state index is 3.92. The van der Waals surface area contributed by atoms with Gasteiger partial charge >= 0.3 is 0 Å². The first-order valence-electron chi connectivity index (χ1n) is 15.3. The van der Waals surface area contributed by atoms with Gasteiger partial charge in [0, 0.05) is 51.7 Å². The summed E-state index contributed by atoms with van der Waals surface area (Å²) in [6, 6.07) is 47.0. The molecular formula is C40H22BN2S2. The Labute approximate surface area is 268 Å². The fraction of sp³-hybridized carbons (Fsp3) is 0. The molecular weight excluding hydrogens is 583 g/mol. The Morgan fingerprint density at radius 3 is 2.31 bits per heavy atom. The maximum atomic E-state index is 3.92. The number of rotatable bonds is 1. The van der Waals surface area contributed by atoms with Crippen LogP contribution in [0.2, 0.25) is 0 Å². The molecule has 207 valence electrons. The van der Waals surface area contributed by atoms with Crippen molar-refractivity contribution in [1.29, 1.82) is 0 Å². The van der Waals surface area contributed by atoms with Crippen LogP contribution in [0.4, 0.5) is 17.1 Å². The van der Waals surface area contributed by atoms with Gasteiger partial charge in [0.15, 0.2) is 7.28 Å². The van der Waals surface area contributed by atoms with Crippen LogP contribution in [0.3, 0.4) is 0 Å². The van der Waals surface area contributed by atoms with E-state index < -0.39 is 0 Å². The van der Waals surface area contributed by atoms with Crippen molar-refractivity contribution in [2.24, 2.45) is 0 Å². The Hall–Kier alpha value is -4.97. The zero-order valence-electron chi connectivity index (χ0n) is 24.0. The van der Waals surface area contributed by atoms with E-state index in [0.717, 1.165) is 0 Å². The number of benzene rings is 7. The fourth-order valence-corrected chi connectivity index (χ4v) is 9.96. The van der Waals surface area contributed by atoms with E-state index in [0.29, 0.717) is 0 Å². The average Bonchev–Trinajstić information content (AvgIpc) is 3.66. The molecule has 9 aromatic rings. The van der Waals surface area contributed by atoms with Gasteiger partial charge in [-0.15, -0.1) is 11.3 Å². The van der Waals surface area contributed by atoms with E-state index in [2.05, 4.69) is 145 Å². The second-order valence-corrected chi connectivity index (χ2v) is 14.1. The topological polar surface area (TPSA) is 19.0 Å². The maximum Gasteiger partial charge on any atom is 0.197 e. The standard InChI is InChI=1S/C40H22BN2S2/c1-2-10-23-22(9-1)19-20-26-24-12-7-13-25(38(24)42-37(23)26)28-21-34-35(27-11-3-5-16-31(27)44-34)40-36(28)41-29-14-8-18-33-39(29)43(40)30-15-4-6-17-32(30)45-33/h1-21,42H. The van der Waals surface area contributed by atoms with Crippen LogP contribution in [0.25, 0.3) is 63.9 Å². The summed E-state index contributed by atoms with van der Waals surface area (Å²) < 4.78 is 2.63. The molecule has 0 saturated heterocycles. The van der Waals surface area contributed by atoms with Crippen molar-refractivity contribution in [2.75, 3.05) is 4.90 Å². The quantitative estimate of drug-likeness (QED) is 0.188. The minimum absolute atomic E-state index is 1.19. The van der Waals surface area contributed by atoms with E-state index in [1.807, 2.05) is 23.1 Å². The summed E-state index contributed by atoms with van der Waals surface area (Å²) in [4.78, 5) is 9.08. The molecule has 2 aliphatic rings. The molecule has 1 radical (unpaired) electrons. The van der Waals surface area contributed by atoms with E-state index in [9.17, 15) is 0 Å². The van der Waals surface area contributed by atoms with Gasteiger partial charge in [-0.05, 0) is 46.7 Å². The Balaban J connectivity index is 1.30. The summed E-state index contributed by atoms with van der Waals surface area (Å²) in [6.07, 6.45) is 0. The third-order valence-corrected chi connectivity index (χ3v) is 11.8. The predicted octanol–water partition coefficient (Wildman–Crippen LogP) is 10.4. The summed E-state index contributed by atoms with van der Waals surface area (Å²) in [6.45, 7) is 0. The van der Waals surface area contributed by atoms with E-state index in [-0.39, 0.29) is 0 Å². The highest BCUT2D eigenvalue weighted by molar-refractivity contribution is 7.99. The van der Waals surface area contributed by atoms with E-state index in [1.54, 1.807) is 0 Å². The molecule has 0 atom stereocenters. The molecule has 45 heavy (non-hydrogen) atoms. The number of nitrogens with zero attached hydrogens (tertiary/aromatic N) is 1. The SMILES string of the molecule is [B]1c2cccc3c2N(c2ccccc2S3)c2c1c(-c1cccc3c1[nH]c1c4ccccc4ccc31)cc1sc3ccccc3c21. The van der Waals surface area contributed by atoms with Gasteiger partial charge in [-0.25, -0.2) is 0 Å². The number of anilines is 3. The molecule has 0 spiro atoms. The van der Waals surface area contributed by atoms with Crippen molar-refractivity contribution >= 4 is 111 Å². The van der Waals surface area contributed by atoms with Gasteiger partial charge in [-0.2, -0.15) is 0 Å². The van der Waals surface area contributed by atoms with Crippen LogP contribution in [0.15, 0.2) is 137 Å². The summed E-state index contributed by atoms with van der Waals surface area (Å²) in [7, 11) is 2.44. The molecule has 2 nitrogen and oxygen atoms in total. The largest absolute Gasteiger partial charge is 0.353 e. The van der Waals surface area contributed by atoms with Gasteiger partial charge in [0.1, 0.15) is 0 Å². The number of fused-ring (bicyclic) bond motifs is 13. The number of thiophene rings is 1. The van der Waals surface area contributed by atoms with Crippen molar-refractivity contribution in [1.82, 2.24) is 4.98 Å². The first kappa shape index (κ1) is 24.4. The lowest BCUT2D eigenvalue weighted by Gasteiger charge is -2.40. The first-order valence-corrected chi connectivity index (χ1v) is 16.9. The minimum Gasteiger partial charge on any atom is -0.353 e. The van der Waals surface area contributed by atoms with Gasteiger partial charge in [-0.3, -0.25) is 0 Å². The predicted molar refractivity (Wildman–Crippen MR) is 195 cm³/mol. The minimum atomic E-state index is 1.19. The first-order chi connectivity index (χ1) is 22.3. The van der Waals surface area contributed by atoms with Crippen LogP contribution < -0.4 is 15.8 Å². The number of aromatic nitrogens is 1. The highest BCUT2D eigenvalue weighted by Gasteiger charge is 2.36. The summed E-state index contributed by atoms with van der Waals surface area (Å²) >= 11 is 3.77. The number of hydrogen-bond donors (Lipinski definition) is 1. The number of hydrogen-bond acceptors (Lipinski definition) is 3. The van der Waals surface area contributed by atoms with E-state index >= 15 is 0 Å². The molecule has 11 rings (SSSR count). The molecule has 0 amide bonds. The monoisotopic (exact) mass is 605 g/mol. The Kier molecular flexibility index (Phi) is 4.77. The highest BCUT2D eigenvalue weighted by Crippen LogP contribution is 2.54. The Bertz CT molecular complexity index is 2740. The van der Waals surface area contributed by atoms with Crippen molar-refractivity contribution in [3.8, 4) is 11.1 Å². The lowest BCUT2D eigenvalue weighted by Crippen LogP contribution is -2.42. The zero-order valence-corrected chi connectivity index (χ0v) is 25.6. The lowest BCUT2D eigenvalue weighted by molar-refractivity contribution is 1.18. The Morgan fingerprint density at radius 1 is 0.556 bits per heavy atom. The molecule has 2 aliphatic heterocycles. The summed E-state index contributed by atoms with van der Waals surface area (Å²) in [5.74, 6) is 0. The molecule has 2 aromatic heterocycles. The van der Waals surface area contributed by atoms with Gasteiger partial charge in [0.2, 0.25) is 0 Å². The number of nitrogens with one attached hydrogen (secondary N) is 1. The average molecular weight is 606 g/mol. The van der Waals surface area contributed by atoms with Crippen LogP contribution in [0, 0.1) is 0 Å². The Morgan fingerprint density at radius 2 is 1.33 bits per heavy atom. The second kappa shape index (κ2) is 8.82. The van der Waals surface area contributed by atoms with E-state index in [1.165, 1.54) is 102 Å². The third kappa shape index (κ3) is 3.22. The second-order valence-electron chi connectivity index (χ2n) is 12.0. The molecule has 0 aliphatic carbocycles. The van der Waals surface area contributed by atoms with Crippen molar-refractivity contribution in [2.45, 2.75) is 9.79 Å². The van der Waals surface area contributed by atoms with Crippen LogP contribution in [0.5, 0.6) is 0 Å². The normalized spacial score (nSPS) is 13.4. The van der Waals surface area contributed by atoms with Gasteiger partial charge in [0.25, 0.3) is 0 Å². The van der Waals surface area contributed by atoms with Crippen LogP contribution in [-0.2, 0) is 0 Å². The van der Waals surface area contributed by atoms with E-state index in [4.69, 9.17) is 0 Å². The molecule has 0 unspecified atom stereocenters. The van der Waals surface area contributed by atoms with Crippen LogP contribution in [0.1, 0.15) is 0 Å². The summed E-state index contributed by atoms with van der Waals surface area (Å²) in [5.41, 5.74) is 11.2. The highest BCUT2D eigenvalue weighted by atomic mass is 32.2.